The van der Waals surface area contributed by atoms with Crippen molar-refractivity contribution in [2.24, 2.45) is 0 Å². The lowest BCUT2D eigenvalue weighted by Crippen LogP contribution is -2.29. The van der Waals surface area contributed by atoms with Crippen LogP contribution >= 0.6 is 0 Å². The summed E-state index contributed by atoms with van der Waals surface area (Å²) in [5, 5.41) is 0. The molecule has 1 aromatic carbocycles. The van der Waals surface area contributed by atoms with Crippen LogP contribution in [0.1, 0.15) is 50.0 Å². The van der Waals surface area contributed by atoms with E-state index in [0.717, 1.165) is 18.5 Å². The van der Waals surface area contributed by atoms with Gasteiger partial charge in [-0.2, -0.15) is 0 Å². The first-order chi connectivity index (χ1) is 7.86. The van der Waals surface area contributed by atoms with E-state index in [-0.39, 0.29) is 11.3 Å². The summed E-state index contributed by atoms with van der Waals surface area (Å²) in [5.74, 6) is 0.0176. The highest BCUT2D eigenvalue weighted by atomic mass is 28.2. The SMILES string of the molecule is CCCN([Si])C(=O)c1ccc(C(C)(C)C)cc1. The van der Waals surface area contributed by atoms with Crippen LogP contribution in [0.2, 0.25) is 0 Å². The van der Waals surface area contributed by atoms with Gasteiger partial charge in [0.2, 0.25) is 5.91 Å². The summed E-state index contributed by atoms with van der Waals surface area (Å²) >= 11 is 0. The van der Waals surface area contributed by atoms with E-state index in [9.17, 15) is 4.79 Å². The van der Waals surface area contributed by atoms with Gasteiger partial charge in [0.05, 0.1) is 0 Å². The summed E-state index contributed by atoms with van der Waals surface area (Å²) in [5.41, 5.74) is 2.09. The highest BCUT2D eigenvalue weighted by Crippen LogP contribution is 2.22. The Hall–Kier alpha value is -1.09. The Balaban J connectivity index is 2.84. The van der Waals surface area contributed by atoms with Gasteiger partial charge in [0.25, 0.3) is 0 Å². The van der Waals surface area contributed by atoms with Gasteiger partial charge in [0.15, 0.2) is 10.4 Å². The minimum absolute atomic E-state index is 0.0176. The Morgan fingerprint density at radius 2 is 1.76 bits per heavy atom. The molecule has 0 aromatic heterocycles. The first-order valence-corrected chi connectivity index (χ1v) is 6.44. The molecule has 1 amide bonds. The van der Waals surface area contributed by atoms with Crippen molar-refractivity contribution >= 4 is 16.3 Å². The molecule has 1 aromatic rings. The van der Waals surface area contributed by atoms with Crippen LogP contribution in [0, 0.1) is 0 Å². The maximum absolute atomic E-state index is 12.0. The molecule has 2 nitrogen and oxygen atoms in total. The van der Waals surface area contributed by atoms with Gasteiger partial charge in [-0.15, -0.1) is 0 Å². The number of hydrogen-bond donors (Lipinski definition) is 0. The lowest BCUT2D eigenvalue weighted by molar-refractivity contribution is 0.0862. The maximum Gasteiger partial charge on any atom is 0.245 e. The first-order valence-electron chi connectivity index (χ1n) is 6.00. The molecule has 0 aliphatic carbocycles. The largest absolute Gasteiger partial charge is 0.367 e. The van der Waals surface area contributed by atoms with Crippen LogP contribution in [-0.2, 0) is 5.41 Å². The van der Waals surface area contributed by atoms with Gasteiger partial charge < -0.3 is 4.57 Å². The molecule has 3 heteroatoms. The second-order valence-electron chi connectivity index (χ2n) is 5.28. The van der Waals surface area contributed by atoms with Gasteiger partial charge in [-0.3, -0.25) is 4.79 Å². The minimum Gasteiger partial charge on any atom is -0.367 e. The third kappa shape index (κ3) is 3.70. The molecule has 0 spiro atoms. The summed E-state index contributed by atoms with van der Waals surface area (Å²) in [4.78, 5) is 12.0. The van der Waals surface area contributed by atoms with Crippen molar-refractivity contribution in [1.29, 1.82) is 0 Å². The van der Waals surface area contributed by atoms with Crippen molar-refractivity contribution in [3.05, 3.63) is 35.4 Å². The minimum atomic E-state index is 0.0176. The van der Waals surface area contributed by atoms with Gasteiger partial charge in [-0.1, -0.05) is 39.8 Å². The average molecular weight is 246 g/mol. The van der Waals surface area contributed by atoms with Crippen molar-refractivity contribution in [3.63, 3.8) is 0 Å². The predicted molar refractivity (Wildman–Crippen MR) is 72.2 cm³/mol. The molecule has 0 unspecified atom stereocenters. The summed E-state index contributed by atoms with van der Waals surface area (Å²) in [6.45, 7) is 9.26. The molecule has 0 saturated heterocycles. The standard InChI is InChI=1S/C14H20NOSi/c1-5-10-15(17)13(16)11-6-8-12(9-7-11)14(2,3)4/h6-9H,5,10H2,1-4H3. The summed E-state index contributed by atoms with van der Waals surface area (Å²) < 4.78 is 1.58. The van der Waals surface area contributed by atoms with Crippen LogP contribution < -0.4 is 0 Å². The van der Waals surface area contributed by atoms with E-state index in [4.69, 9.17) is 0 Å². The molecule has 0 saturated carbocycles. The van der Waals surface area contributed by atoms with Crippen LogP contribution in [0.15, 0.2) is 24.3 Å². The molecule has 3 radical (unpaired) electrons. The Labute approximate surface area is 108 Å². The fraction of sp³-hybridized carbons (Fsp3) is 0.500. The monoisotopic (exact) mass is 246 g/mol. The molecule has 0 aliphatic heterocycles. The summed E-state index contributed by atoms with van der Waals surface area (Å²) in [6, 6.07) is 7.84. The van der Waals surface area contributed by atoms with E-state index in [1.54, 1.807) is 4.57 Å². The molecule has 91 valence electrons. The molecule has 17 heavy (non-hydrogen) atoms. The predicted octanol–water partition coefficient (Wildman–Crippen LogP) is 2.92. The van der Waals surface area contributed by atoms with Gasteiger partial charge in [0.1, 0.15) is 0 Å². The average Bonchev–Trinajstić information content (AvgIpc) is 2.27. The summed E-state index contributed by atoms with van der Waals surface area (Å²) in [6.07, 6.45) is 0.940. The van der Waals surface area contributed by atoms with Crippen molar-refractivity contribution in [3.8, 4) is 0 Å². The molecule has 0 N–H and O–H groups in total. The number of benzene rings is 1. The second-order valence-corrected chi connectivity index (χ2v) is 5.82. The van der Waals surface area contributed by atoms with Crippen LogP contribution in [0.25, 0.3) is 0 Å². The summed E-state index contributed by atoms with van der Waals surface area (Å²) in [7, 11) is 3.33. The molecule has 0 atom stereocenters. The lowest BCUT2D eigenvalue weighted by atomic mass is 9.87. The van der Waals surface area contributed by atoms with Gasteiger partial charge in [0, 0.05) is 12.1 Å². The van der Waals surface area contributed by atoms with Crippen molar-refractivity contribution in [1.82, 2.24) is 4.57 Å². The van der Waals surface area contributed by atoms with Crippen molar-refractivity contribution in [2.75, 3.05) is 6.54 Å². The highest BCUT2D eigenvalue weighted by molar-refractivity contribution is 6.18. The Morgan fingerprint density at radius 1 is 1.24 bits per heavy atom. The van der Waals surface area contributed by atoms with Gasteiger partial charge >= 0.3 is 0 Å². The fourth-order valence-corrected chi connectivity index (χ4v) is 1.95. The lowest BCUT2D eigenvalue weighted by Gasteiger charge is -2.20. The van der Waals surface area contributed by atoms with E-state index < -0.39 is 0 Å². The third-order valence-electron chi connectivity index (χ3n) is 2.69. The second kappa shape index (κ2) is 5.49. The molecule has 0 heterocycles. The van der Waals surface area contributed by atoms with E-state index in [0.29, 0.717) is 0 Å². The molecular formula is C14H20NOSi. The topological polar surface area (TPSA) is 20.3 Å². The van der Waals surface area contributed by atoms with E-state index >= 15 is 0 Å². The van der Waals surface area contributed by atoms with Crippen LogP contribution in [0.4, 0.5) is 0 Å². The highest BCUT2D eigenvalue weighted by Gasteiger charge is 2.15. The van der Waals surface area contributed by atoms with Crippen molar-refractivity contribution in [2.45, 2.75) is 39.5 Å². The zero-order valence-corrected chi connectivity index (χ0v) is 12.1. The Kier molecular flexibility index (Phi) is 4.51. The molecular weight excluding hydrogens is 226 g/mol. The van der Waals surface area contributed by atoms with Gasteiger partial charge in [-0.25, -0.2) is 0 Å². The number of amides is 1. The molecule has 1 rings (SSSR count). The zero-order chi connectivity index (χ0) is 13.1. The molecule has 0 fully saturated rings. The number of carbonyl (C=O) groups is 1. The van der Waals surface area contributed by atoms with E-state index in [2.05, 4.69) is 31.2 Å². The molecule has 0 bridgehead atoms. The van der Waals surface area contributed by atoms with Crippen LogP contribution in [0.3, 0.4) is 0 Å². The van der Waals surface area contributed by atoms with E-state index in [1.165, 1.54) is 5.56 Å². The van der Waals surface area contributed by atoms with Crippen LogP contribution in [0.5, 0.6) is 0 Å². The third-order valence-corrected chi connectivity index (χ3v) is 3.12. The Bertz CT molecular complexity index is 378. The molecule has 0 aliphatic rings. The Morgan fingerprint density at radius 3 is 2.18 bits per heavy atom. The quantitative estimate of drug-likeness (QED) is 0.751. The number of rotatable bonds is 3. The number of hydrogen-bond acceptors (Lipinski definition) is 1. The van der Waals surface area contributed by atoms with Crippen molar-refractivity contribution < 1.29 is 4.79 Å². The normalized spacial score (nSPS) is 11.4. The van der Waals surface area contributed by atoms with E-state index in [1.807, 2.05) is 31.2 Å². The first kappa shape index (κ1) is 14.0. The van der Waals surface area contributed by atoms with Gasteiger partial charge in [-0.05, 0) is 29.5 Å². The fourth-order valence-electron chi connectivity index (χ4n) is 1.59. The zero-order valence-electron chi connectivity index (χ0n) is 11.1. The number of carbonyl (C=O) groups excluding carboxylic acids is 1. The van der Waals surface area contributed by atoms with Crippen LogP contribution in [-0.4, -0.2) is 27.4 Å². The smallest absolute Gasteiger partial charge is 0.245 e. The number of nitrogens with zero attached hydrogens (tertiary/aromatic N) is 1. The maximum atomic E-state index is 12.0.